The van der Waals surface area contributed by atoms with Gasteiger partial charge in [0.1, 0.15) is 5.75 Å². The largest absolute Gasteiger partial charge is 0.449 e. The first-order valence-corrected chi connectivity index (χ1v) is 12.7. The topological polar surface area (TPSA) is 72.7 Å². The van der Waals surface area contributed by atoms with Gasteiger partial charge >= 0.3 is 11.9 Å². The summed E-state index contributed by atoms with van der Waals surface area (Å²) < 4.78 is 45.6. The van der Waals surface area contributed by atoms with Gasteiger partial charge in [-0.2, -0.15) is 13.2 Å². The maximum atomic E-state index is 13.2. The van der Waals surface area contributed by atoms with Gasteiger partial charge in [-0.15, -0.1) is 0 Å². The third-order valence-corrected chi connectivity index (χ3v) is 7.24. The Kier molecular flexibility index (Phi) is 7.86. The summed E-state index contributed by atoms with van der Waals surface area (Å²) in [7, 11) is 0. The van der Waals surface area contributed by atoms with Crippen LogP contribution in [0.4, 0.5) is 24.5 Å². The van der Waals surface area contributed by atoms with E-state index in [2.05, 4.69) is 15.9 Å². The van der Waals surface area contributed by atoms with Gasteiger partial charge < -0.3 is 4.74 Å². The number of hydrogen-bond acceptors (Lipinski definition) is 6. The third kappa shape index (κ3) is 5.93. The van der Waals surface area contributed by atoms with E-state index in [4.69, 9.17) is 40.2 Å². The van der Waals surface area contributed by atoms with Crippen LogP contribution in [0.5, 0.6) is 11.5 Å². The second-order valence-electron chi connectivity index (χ2n) is 7.33. The van der Waals surface area contributed by atoms with Crippen LogP contribution in [0.2, 0.25) is 10.0 Å². The Morgan fingerprint density at radius 3 is 2.43 bits per heavy atom. The van der Waals surface area contributed by atoms with Crippen molar-refractivity contribution in [2.24, 2.45) is 0 Å². The number of thioether (sulfide) groups is 1. The molecule has 0 aliphatic carbocycles. The third-order valence-electron chi connectivity index (χ3n) is 4.91. The van der Waals surface area contributed by atoms with Crippen molar-refractivity contribution in [1.29, 1.82) is 0 Å². The number of amides is 1. The lowest BCUT2D eigenvalue weighted by Gasteiger charge is -2.16. The highest BCUT2D eigenvalue weighted by Gasteiger charge is 2.35. The molecule has 0 N–H and O–H groups in total. The lowest BCUT2D eigenvalue weighted by atomic mass is 10.1. The van der Waals surface area contributed by atoms with Gasteiger partial charge in [0.2, 0.25) is 5.75 Å². The summed E-state index contributed by atoms with van der Waals surface area (Å²) in [5.74, 6) is -0.832. The Balaban J connectivity index is 1.72. The number of nitrogens with zero attached hydrogens (tertiary/aromatic N) is 2. The van der Waals surface area contributed by atoms with Gasteiger partial charge in [0, 0.05) is 21.1 Å². The molecule has 6 nitrogen and oxygen atoms in total. The zero-order valence-electron chi connectivity index (χ0n) is 17.9. The highest BCUT2D eigenvalue weighted by atomic mass is 79.9. The molecule has 1 aliphatic heterocycles. The van der Waals surface area contributed by atoms with Gasteiger partial charge in [-0.25, -0.2) is 0 Å². The summed E-state index contributed by atoms with van der Waals surface area (Å²) in [4.78, 5) is 25.1. The first-order chi connectivity index (χ1) is 17.3. The fourth-order valence-electron chi connectivity index (χ4n) is 3.25. The number of carbonyl (C=O) groups is 1. The molecular weight excluding hydrogens is 640 g/mol. The maximum Gasteiger partial charge on any atom is 0.416 e. The Bertz CT molecular complexity index is 1500. The molecule has 0 spiro atoms. The molecule has 0 unspecified atom stereocenters. The molecule has 0 bridgehead atoms. The second kappa shape index (κ2) is 10.6. The number of hydrogen-bond donors (Lipinski definition) is 0. The average Bonchev–Trinajstić information content (AvgIpc) is 3.08. The quantitative estimate of drug-likeness (QED) is 0.119. The van der Waals surface area contributed by atoms with Crippen molar-refractivity contribution < 1.29 is 27.6 Å². The molecule has 0 saturated carbocycles. The van der Waals surface area contributed by atoms with E-state index in [0.29, 0.717) is 32.9 Å². The van der Waals surface area contributed by atoms with E-state index in [0.717, 1.165) is 17.8 Å². The van der Waals surface area contributed by atoms with E-state index in [1.807, 2.05) is 0 Å². The van der Waals surface area contributed by atoms with Crippen LogP contribution in [-0.2, 0) is 11.0 Å². The monoisotopic (exact) mass is 648 g/mol. The average molecular weight is 650 g/mol. The molecule has 1 saturated heterocycles. The molecule has 0 radical (unpaired) electrons. The van der Waals surface area contributed by atoms with Gasteiger partial charge in [0.05, 0.1) is 26.1 Å². The van der Waals surface area contributed by atoms with E-state index >= 15 is 0 Å². The van der Waals surface area contributed by atoms with E-state index in [9.17, 15) is 28.1 Å². The second-order valence-corrected chi connectivity index (χ2v) is 10.8. The summed E-state index contributed by atoms with van der Waals surface area (Å²) in [5.41, 5.74) is -1.41. The van der Waals surface area contributed by atoms with Gasteiger partial charge in [0.15, 0.2) is 4.32 Å². The first kappa shape index (κ1) is 27.4. The highest BCUT2D eigenvalue weighted by Crippen LogP contribution is 2.42. The fourth-order valence-corrected chi connectivity index (χ4v) is 5.39. The van der Waals surface area contributed by atoms with Crippen LogP contribution in [0.15, 0.2) is 64.0 Å². The lowest BCUT2D eigenvalue weighted by molar-refractivity contribution is -0.385. The van der Waals surface area contributed by atoms with Crippen molar-refractivity contribution in [2.75, 3.05) is 4.90 Å². The highest BCUT2D eigenvalue weighted by molar-refractivity contribution is 9.10. The predicted molar refractivity (Wildman–Crippen MR) is 144 cm³/mol. The van der Waals surface area contributed by atoms with Crippen molar-refractivity contribution in [3.63, 3.8) is 0 Å². The van der Waals surface area contributed by atoms with E-state index in [1.54, 1.807) is 24.3 Å². The number of ether oxygens (including phenoxy) is 1. The Morgan fingerprint density at radius 2 is 1.78 bits per heavy atom. The van der Waals surface area contributed by atoms with Crippen LogP contribution >= 0.6 is 63.1 Å². The minimum absolute atomic E-state index is 0.0563. The van der Waals surface area contributed by atoms with Crippen molar-refractivity contribution in [2.45, 2.75) is 6.18 Å². The SMILES string of the molecule is O=C1/C(=C/c2cc(Br)ccc2Oc2ccc(C(F)(F)F)cc2[N+](=O)[O-])SC(=S)N1c1ccc(Cl)cc1Cl. The van der Waals surface area contributed by atoms with Gasteiger partial charge in [-0.1, -0.05) is 63.1 Å². The van der Waals surface area contributed by atoms with E-state index < -0.39 is 34.0 Å². The van der Waals surface area contributed by atoms with Crippen molar-refractivity contribution in [3.8, 4) is 11.5 Å². The van der Waals surface area contributed by atoms with Gasteiger partial charge in [-0.3, -0.25) is 19.8 Å². The first-order valence-electron chi connectivity index (χ1n) is 9.91. The standard InChI is InChI=1S/C23H10BrCl2F3N2O4S2/c24-13-2-6-18(35-19-5-1-12(23(27,28)29)9-17(19)31(33)34)11(7-13)8-20-21(32)30(22(36)37-20)16-4-3-14(25)10-15(16)26/h1-10H/b20-8-. The lowest BCUT2D eigenvalue weighted by Crippen LogP contribution is -2.27. The predicted octanol–water partition coefficient (Wildman–Crippen LogP) is 8.88. The molecule has 3 aromatic rings. The minimum Gasteiger partial charge on any atom is -0.449 e. The molecule has 1 amide bonds. The van der Waals surface area contributed by atoms with Crippen LogP contribution in [0.3, 0.4) is 0 Å². The molecule has 14 heteroatoms. The van der Waals surface area contributed by atoms with Crippen LogP contribution in [-0.4, -0.2) is 15.2 Å². The number of carbonyl (C=O) groups excluding carboxylic acids is 1. The molecule has 1 aliphatic rings. The van der Waals surface area contributed by atoms with Crippen molar-refractivity contribution in [3.05, 3.63) is 95.3 Å². The molecule has 1 heterocycles. The number of thiocarbonyl (C=S) groups is 1. The molecule has 3 aromatic carbocycles. The molecule has 1 fully saturated rings. The number of alkyl halides is 3. The van der Waals surface area contributed by atoms with E-state index in [-0.39, 0.29) is 20.0 Å². The van der Waals surface area contributed by atoms with Crippen LogP contribution in [0.1, 0.15) is 11.1 Å². The summed E-state index contributed by atoms with van der Waals surface area (Å²) >= 11 is 21.9. The molecule has 0 atom stereocenters. The number of rotatable bonds is 5. The molecule has 37 heavy (non-hydrogen) atoms. The van der Waals surface area contributed by atoms with Gasteiger partial charge in [0.25, 0.3) is 5.91 Å². The fraction of sp³-hybridized carbons (Fsp3) is 0.0435. The minimum atomic E-state index is -4.77. The summed E-state index contributed by atoms with van der Waals surface area (Å²) in [5, 5.41) is 12.1. The zero-order valence-corrected chi connectivity index (χ0v) is 22.6. The number of halogens is 6. The smallest absolute Gasteiger partial charge is 0.416 e. The van der Waals surface area contributed by atoms with Crippen LogP contribution < -0.4 is 9.64 Å². The number of nitro groups is 1. The summed E-state index contributed by atoms with van der Waals surface area (Å²) in [6.45, 7) is 0. The Morgan fingerprint density at radius 1 is 1.08 bits per heavy atom. The summed E-state index contributed by atoms with van der Waals surface area (Å²) in [6, 6.07) is 11.1. The maximum absolute atomic E-state index is 13.2. The van der Waals surface area contributed by atoms with Crippen LogP contribution in [0, 0.1) is 10.1 Å². The normalized spacial score (nSPS) is 15.0. The van der Waals surface area contributed by atoms with E-state index in [1.165, 1.54) is 23.1 Å². The Labute approximate surface area is 235 Å². The molecule has 190 valence electrons. The number of nitro benzene ring substituents is 1. The zero-order chi connectivity index (χ0) is 27.1. The van der Waals surface area contributed by atoms with Crippen molar-refractivity contribution >= 4 is 90.8 Å². The molecular formula is C23H10BrCl2F3N2O4S2. The summed E-state index contributed by atoms with van der Waals surface area (Å²) in [6.07, 6.45) is -3.31. The van der Waals surface area contributed by atoms with Crippen LogP contribution in [0.25, 0.3) is 6.08 Å². The van der Waals surface area contributed by atoms with Gasteiger partial charge in [-0.05, 0) is 54.6 Å². The van der Waals surface area contributed by atoms with Crippen molar-refractivity contribution in [1.82, 2.24) is 0 Å². The Hall–Kier alpha value is -2.64. The number of anilines is 1. The molecule has 4 rings (SSSR count). The molecule has 0 aromatic heterocycles. The number of benzene rings is 3.